The summed E-state index contributed by atoms with van der Waals surface area (Å²) >= 11 is 0. The summed E-state index contributed by atoms with van der Waals surface area (Å²) in [6, 6.07) is -0.959. The predicted octanol–water partition coefficient (Wildman–Crippen LogP) is 0.564. The Bertz CT molecular complexity index is 641. The molecule has 0 bridgehead atoms. The van der Waals surface area contributed by atoms with Crippen molar-refractivity contribution in [2.24, 2.45) is 0 Å². The summed E-state index contributed by atoms with van der Waals surface area (Å²) in [4.78, 5) is 23.0. The maximum absolute atomic E-state index is 11.6. The number of sulfonamides is 1. The number of anilines is 1. The molecule has 0 radical (unpaired) electrons. The molecule has 0 saturated heterocycles. The van der Waals surface area contributed by atoms with Gasteiger partial charge in [-0.3, -0.25) is 5.32 Å². The number of carbonyl (C=O) groups excluding carboxylic acids is 1. The largest absolute Gasteiger partial charge is 0.467 e. The van der Waals surface area contributed by atoms with Gasteiger partial charge in [-0.2, -0.15) is 15.0 Å². The molecule has 9 nitrogen and oxygen atoms in total. The van der Waals surface area contributed by atoms with Crippen LogP contribution < -0.4 is 14.8 Å². The minimum absolute atomic E-state index is 0.0142. The maximum Gasteiger partial charge on any atom is 0.335 e. The fourth-order valence-corrected chi connectivity index (χ4v) is 1.86. The van der Waals surface area contributed by atoms with E-state index in [0.717, 1.165) is 0 Å². The standard InChI is InChI=1S/C10H15N5O4S/c1-5-6(2)20(17,18)15-9(16)13-8-11-7(3)12-10(14-8)19-4/h5H,1-4H3,(H2,11,12,13,14,15,16). The number of ether oxygens (including phenoxy) is 1. The molecule has 0 atom stereocenters. The number of hydrogen-bond acceptors (Lipinski definition) is 7. The highest BCUT2D eigenvalue weighted by Crippen LogP contribution is 2.07. The third-order valence-corrected chi connectivity index (χ3v) is 3.73. The lowest BCUT2D eigenvalue weighted by atomic mass is 10.6. The van der Waals surface area contributed by atoms with Crippen LogP contribution in [-0.4, -0.2) is 36.5 Å². The zero-order valence-electron chi connectivity index (χ0n) is 11.5. The second-order valence-electron chi connectivity index (χ2n) is 3.65. The topological polar surface area (TPSA) is 123 Å². The van der Waals surface area contributed by atoms with Crippen LogP contribution in [-0.2, 0) is 10.0 Å². The summed E-state index contributed by atoms with van der Waals surface area (Å²) in [7, 11) is -2.50. The first-order valence-electron chi connectivity index (χ1n) is 5.52. The fourth-order valence-electron chi connectivity index (χ4n) is 1.09. The number of methoxy groups -OCH3 is 1. The highest BCUT2D eigenvalue weighted by atomic mass is 32.2. The van der Waals surface area contributed by atoms with Crippen molar-refractivity contribution < 1.29 is 17.9 Å². The first-order valence-corrected chi connectivity index (χ1v) is 7.00. The van der Waals surface area contributed by atoms with Gasteiger partial charge in [0.05, 0.1) is 12.0 Å². The Balaban J connectivity index is 2.85. The molecular formula is C10H15N5O4S. The van der Waals surface area contributed by atoms with E-state index in [4.69, 9.17) is 4.74 Å². The van der Waals surface area contributed by atoms with E-state index in [-0.39, 0.29) is 16.9 Å². The van der Waals surface area contributed by atoms with Gasteiger partial charge < -0.3 is 4.74 Å². The minimum atomic E-state index is -3.86. The monoisotopic (exact) mass is 301 g/mol. The molecule has 0 spiro atoms. The number of urea groups is 1. The van der Waals surface area contributed by atoms with Gasteiger partial charge in [0, 0.05) is 0 Å². The number of nitrogens with zero attached hydrogens (tertiary/aromatic N) is 3. The SMILES string of the molecule is CC=C(C)S(=O)(=O)NC(=O)Nc1nc(C)nc(OC)n1. The predicted molar refractivity (Wildman–Crippen MR) is 71.6 cm³/mol. The molecular weight excluding hydrogens is 286 g/mol. The molecule has 0 fully saturated rings. The summed E-state index contributed by atoms with van der Waals surface area (Å²) in [6.07, 6.45) is 1.37. The third kappa shape index (κ3) is 4.16. The highest BCUT2D eigenvalue weighted by Gasteiger charge is 2.17. The second-order valence-corrected chi connectivity index (χ2v) is 5.51. The molecule has 1 aromatic rings. The van der Waals surface area contributed by atoms with Crippen LogP contribution in [0.15, 0.2) is 11.0 Å². The van der Waals surface area contributed by atoms with Crippen LogP contribution >= 0.6 is 0 Å². The Morgan fingerprint density at radius 2 is 1.95 bits per heavy atom. The molecule has 0 saturated carbocycles. The third-order valence-electron chi connectivity index (χ3n) is 2.19. The van der Waals surface area contributed by atoms with Gasteiger partial charge in [0.25, 0.3) is 10.0 Å². The molecule has 2 amide bonds. The van der Waals surface area contributed by atoms with E-state index >= 15 is 0 Å². The molecule has 1 rings (SSSR count). The van der Waals surface area contributed by atoms with Gasteiger partial charge in [-0.25, -0.2) is 17.9 Å². The van der Waals surface area contributed by atoms with Crippen molar-refractivity contribution in [1.82, 2.24) is 19.7 Å². The number of nitrogens with one attached hydrogen (secondary N) is 2. The van der Waals surface area contributed by atoms with E-state index in [1.807, 2.05) is 4.72 Å². The average Bonchev–Trinajstić information content (AvgIpc) is 2.35. The molecule has 2 N–H and O–H groups in total. The van der Waals surface area contributed by atoms with E-state index in [1.54, 1.807) is 13.8 Å². The van der Waals surface area contributed by atoms with Gasteiger partial charge in [-0.1, -0.05) is 6.08 Å². The average molecular weight is 301 g/mol. The zero-order valence-corrected chi connectivity index (χ0v) is 12.3. The van der Waals surface area contributed by atoms with E-state index in [1.165, 1.54) is 20.1 Å². The van der Waals surface area contributed by atoms with Crippen LogP contribution in [0.3, 0.4) is 0 Å². The summed E-state index contributed by atoms with van der Waals surface area (Å²) < 4.78 is 29.9. The lowest BCUT2D eigenvalue weighted by molar-refractivity contribution is 0.256. The fraction of sp³-hybridized carbons (Fsp3) is 0.400. The first-order chi connectivity index (χ1) is 9.28. The van der Waals surface area contributed by atoms with E-state index in [9.17, 15) is 13.2 Å². The summed E-state index contributed by atoms with van der Waals surface area (Å²) in [6.45, 7) is 4.49. The van der Waals surface area contributed by atoms with Crippen LogP contribution in [0.4, 0.5) is 10.7 Å². The molecule has 110 valence electrons. The van der Waals surface area contributed by atoms with E-state index < -0.39 is 16.1 Å². The van der Waals surface area contributed by atoms with Crippen molar-refractivity contribution in [3.8, 4) is 6.01 Å². The van der Waals surface area contributed by atoms with E-state index in [2.05, 4.69) is 20.3 Å². The van der Waals surface area contributed by atoms with Crippen LogP contribution in [0.1, 0.15) is 19.7 Å². The summed E-state index contributed by atoms with van der Waals surface area (Å²) in [5.74, 6) is 0.208. The number of hydrogen-bond donors (Lipinski definition) is 2. The van der Waals surface area contributed by atoms with Crippen molar-refractivity contribution in [1.29, 1.82) is 0 Å². The van der Waals surface area contributed by atoms with Crippen LogP contribution in [0.5, 0.6) is 6.01 Å². The molecule has 0 aliphatic carbocycles. The van der Waals surface area contributed by atoms with Crippen LogP contribution in [0.25, 0.3) is 0 Å². The van der Waals surface area contributed by atoms with Crippen molar-refractivity contribution in [3.63, 3.8) is 0 Å². The van der Waals surface area contributed by atoms with E-state index in [0.29, 0.717) is 5.82 Å². The molecule has 0 aliphatic rings. The van der Waals surface area contributed by atoms with Crippen molar-refractivity contribution in [3.05, 3.63) is 16.8 Å². The second kappa shape index (κ2) is 6.28. The number of rotatable bonds is 4. The van der Waals surface area contributed by atoms with Gasteiger partial charge in [-0.15, -0.1) is 0 Å². The van der Waals surface area contributed by atoms with Gasteiger partial charge in [0.15, 0.2) is 0 Å². The normalized spacial score (nSPS) is 11.9. The van der Waals surface area contributed by atoms with Gasteiger partial charge in [-0.05, 0) is 20.8 Å². The number of carbonyl (C=O) groups is 1. The minimum Gasteiger partial charge on any atom is -0.467 e. The smallest absolute Gasteiger partial charge is 0.335 e. The van der Waals surface area contributed by atoms with Gasteiger partial charge in [0.2, 0.25) is 5.95 Å². The summed E-state index contributed by atoms with van der Waals surface area (Å²) in [5, 5.41) is 2.19. The molecule has 0 unspecified atom stereocenters. The lowest BCUT2D eigenvalue weighted by Crippen LogP contribution is -2.35. The molecule has 0 aliphatic heterocycles. The number of amides is 2. The Hall–Kier alpha value is -2.23. The molecule has 1 heterocycles. The zero-order chi connectivity index (χ0) is 15.3. The Morgan fingerprint density at radius 3 is 2.50 bits per heavy atom. The highest BCUT2D eigenvalue weighted by molar-refractivity contribution is 7.93. The van der Waals surface area contributed by atoms with Gasteiger partial charge >= 0.3 is 12.0 Å². The van der Waals surface area contributed by atoms with Crippen LogP contribution in [0.2, 0.25) is 0 Å². The lowest BCUT2D eigenvalue weighted by Gasteiger charge is -2.08. The number of aryl methyl sites for hydroxylation is 1. The number of allylic oxidation sites excluding steroid dienone is 2. The molecule has 20 heavy (non-hydrogen) atoms. The quantitative estimate of drug-likeness (QED) is 0.832. The van der Waals surface area contributed by atoms with Crippen molar-refractivity contribution in [2.75, 3.05) is 12.4 Å². The summed E-state index contributed by atoms with van der Waals surface area (Å²) in [5.41, 5.74) is 0. The van der Waals surface area contributed by atoms with Crippen molar-refractivity contribution in [2.45, 2.75) is 20.8 Å². The first kappa shape index (κ1) is 15.8. The number of aromatic nitrogens is 3. The van der Waals surface area contributed by atoms with Crippen molar-refractivity contribution >= 4 is 22.0 Å². The van der Waals surface area contributed by atoms with Crippen LogP contribution in [0, 0.1) is 6.92 Å². The Kier molecular flexibility index (Phi) is 4.97. The Labute approximate surface area is 116 Å². The maximum atomic E-state index is 11.6. The Morgan fingerprint density at radius 1 is 1.30 bits per heavy atom. The molecule has 0 aromatic carbocycles. The molecule has 1 aromatic heterocycles. The molecule has 10 heteroatoms. The van der Waals surface area contributed by atoms with Gasteiger partial charge in [0.1, 0.15) is 5.82 Å².